The molecule has 0 spiro atoms. The third-order valence-corrected chi connectivity index (χ3v) is 5.55. The zero-order valence-electron chi connectivity index (χ0n) is 12.1. The minimum absolute atomic E-state index is 0.0172. The minimum atomic E-state index is -3.53. The summed E-state index contributed by atoms with van der Waals surface area (Å²) < 4.78 is 30.7. The molecule has 0 aromatic heterocycles. The van der Waals surface area contributed by atoms with Crippen LogP contribution >= 0.6 is 0 Å². The first kappa shape index (κ1) is 15.5. The smallest absolute Gasteiger partial charge is 0.186 e. The summed E-state index contributed by atoms with van der Waals surface area (Å²) in [4.78, 5) is 0.284. The Balaban J connectivity index is 2.46. The van der Waals surface area contributed by atoms with Crippen LogP contribution in [0.4, 0.5) is 0 Å². The molecule has 0 amide bonds. The van der Waals surface area contributed by atoms with Crippen molar-refractivity contribution in [3.63, 3.8) is 0 Å². The number of methoxy groups -OCH3 is 1. The lowest BCUT2D eigenvalue weighted by Gasteiger charge is -2.17. The highest BCUT2D eigenvalue weighted by Gasteiger charge is 2.28. The summed E-state index contributed by atoms with van der Waals surface area (Å²) in [6.45, 7) is 1.93. The van der Waals surface area contributed by atoms with Crippen molar-refractivity contribution >= 4 is 9.84 Å². The number of rotatable bonds is 5. The van der Waals surface area contributed by atoms with Crippen LogP contribution in [-0.2, 0) is 9.84 Å². The van der Waals surface area contributed by atoms with E-state index in [-0.39, 0.29) is 11.4 Å². The first-order valence-corrected chi connectivity index (χ1v) is 8.18. The van der Waals surface area contributed by atoms with Crippen molar-refractivity contribution in [3.8, 4) is 5.75 Å². The number of hydrogen-bond acceptors (Lipinski definition) is 4. The van der Waals surface area contributed by atoms with Gasteiger partial charge in [0.15, 0.2) is 9.84 Å². The summed E-state index contributed by atoms with van der Waals surface area (Å²) in [7, 11) is -1.98. The maximum absolute atomic E-state index is 12.8. The molecule has 0 radical (unpaired) electrons. The molecule has 2 rings (SSSR count). The average molecular weight is 305 g/mol. The number of ether oxygens (including phenoxy) is 1. The van der Waals surface area contributed by atoms with E-state index in [1.165, 1.54) is 0 Å². The van der Waals surface area contributed by atoms with E-state index in [9.17, 15) is 8.42 Å². The van der Waals surface area contributed by atoms with E-state index in [1.54, 1.807) is 55.6 Å². The van der Waals surface area contributed by atoms with Crippen molar-refractivity contribution in [1.82, 2.24) is 0 Å². The van der Waals surface area contributed by atoms with E-state index in [2.05, 4.69) is 0 Å². The second-order valence-electron chi connectivity index (χ2n) is 4.86. The Morgan fingerprint density at radius 2 is 1.81 bits per heavy atom. The highest BCUT2D eigenvalue weighted by atomic mass is 32.2. The SMILES string of the molecule is COc1cccc(C(CN)S(=O)(=O)c2ccc(C)cc2)c1. The maximum Gasteiger partial charge on any atom is 0.186 e. The van der Waals surface area contributed by atoms with Crippen molar-refractivity contribution in [3.05, 3.63) is 59.7 Å². The molecule has 0 aliphatic heterocycles. The molecule has 2 N–H and O–H groups in total. The minimum Gasteiger partial charge on any atom is -0.497 e. The van der Waals surface area contributed by atoms with Crippen molar-refractivity contribution in [2.75, 3.05) is 13.7 Å². The lowest BCUT2D eigenvalue weighted by atomic mass is 10.1. The van der Waals surface area contributed by atoms with Gasteiger partial charge in [0.25, 0.3) is 0 Å². The van der Waals surface area contributed by atoms with E-state index in [4.69, 9.17) is 10.5 Å². The Bertz CT molecular complexity index is 709. The Hall–Kier alpha value is -1.85. The van der Waals surface area contributed by atoms with Gasteiger partial charge in [0, 0.05) is 6.54 Å². The average Bonchev–Trinajstić information content (AvgIpc) is 2.48. The van der Waals surface area contributed by atoms with Gasteiger partial charge in [0.05, 0.1) is 12.0 Å². The zero-order chi connectivity index (χ0) is 15.5. The topological polar surface area (TPSA) is 69.4 Å². The van der Waals surface area contributed by atoms with Crippen LogP contribution in [0.15, 0.2) is 53.4 Å². The monoisotopic (exact) mass is 305 g/mol. The van der Waals surface area contributed by atoms with Crippen LogP contribution in [0.25, 0.3) is 0 Å². The standard InChI is InChI=1S/C16H19NO3S/c1-12-6-8-15(9-7-12)21(18,19)16(11-17)13-4-3-5-14(10-13)20-2/h3-10,16H,11,17H2,1-2H3. The van der Waals surface area contributed by atoms with Gasteiger partial charge in [-0.05, 0) is 36.8 Å². The molecule has 0 fully saturated rings. The van der Waals surface area contributed by atoms with Crippen LogP contribution in [-0.4, -0.2) is 22.1 Å². The van der Waals surface area contributed by atoms with Gasteiger partial charge in [-0.15, -0.1) is 0 Å². The molecule has 2 aromatic rings. The fourth-order valence-corrected chi connectivity index (χ4v) is 3.78. The Kier molecular flexibility index (Phi) is 4.65. The zero-order valence-corrected chi connectivity index (χ0v) is 12.9. The third-order valence-electron chi connectivity index (χ3n) is 3.40. The molecule has 112 valence electrons. The third kappa shape index (κ3) is 3.25. The van der Waals surface area contributed by atoms with Crippen molar-refractivity contribution < 1.29 is 13.2 Å². The van der Waals surface area contributed by atoms with E-state index in [0.29, 0.717) is 11.3 Å². The predicted octanol–water partition coefficient (Wildman–Crippen LogP) is 2.48. The van der Waals surface area contributed by atoms with Crippen LogP contribution in [0.5, 0.6) is 5.75 Å². The number of hydrogen-bond donors (Lipinski definition) is 1. The molecule has 0 bridgehead atoms. The van der Waals surface area contributed by atoms with Crippen LogP contribution in [0.3, 0.4) is 0 Å². The van der Waals surface area contributed by atoms with E-state index >= 15 is 0 Å². The normalized spacial score (nSPS) is 12.9. The van der Waals surface area contributed by atoms with Gasteiger partial charge >= 0.3 is 0 Å². The lowest BCUT2D eigenvalue weighted by molar-refractivity contribution is 0.414. The quantitative estimate of drug-likeness (QED) is 0.921. The van der Waals surface area contributed by atoms with Gasteiger partial charge in [-0.2, -0.15) is 0 Å². The van der Waals surface area contributed by atoms with E-state index in [0.717, 1.165) is 5.56 Å². The highest BCUT2D eigenvalue weighted by molar-refractivity contribution is 7.91. The van der Waals surface area contributed by atoms with Crippen LogP contribution in [0, 0.1) is 6.92 Å². The molecular weight excluding hydrogens is 286 g/mol. The van der Waals surface area contributed by atoms with Crippen LogP contribution < -0.4 is 10.5 Å². The number of nitrogens with two attached hydrogens (primary N) is 1. The Morgan fingerprint density at radius 3 is 2.38 bits per heavy atom. The molecule has 4 nitrogen and oxygen atoms in total. The number of sulfone groups is 1. The van der Waals surface area contributed by atoms with Crippen molar-refractivity contribution in [2.45, 2.75) is 17.1 Å². The van der Waals surface area contributed by atoms with E-state index < -0.39 is 15.1 Å². The second-order valence-corrected chi connectivity index (χ2v) is 6.99. The molecule has 0 aliphatic rings. The molecule has 0 saturated carbocycles. The molecule has 1 atom stereocenters. The summed E-state index contributed by atoms with van der Waals surface area (Å²) in [6.07, 6.45) is 0. The predicted molar refractivity (Wildman–Crippen MR) is 83.2 cm³/mol. The van der Waals surface area contributed by atoms with Crippen molar-refractivity contribution in [1.29, 1.82) is 0 Å². The van der Waals surface area contributed by atoms with Gasteiger partial charge in [0.1, 0.15) is 11.0 Å². The largest absolute Gasteiger partial charge is 0.497 e. The summed E-state index contributed by atoms with van der Waals surface area (Å²) in [5, 5.41) is -0.782. The Labute approximate surface area is 125 Å². The first-order valence-electron chi connectivity index (χ1n) is 6.63. The van der Waals surface area contributed by atoms with Crippen molar-refractivity contribution in [2.24, 2.45) is 5.73 Å². The summed E-state index contributed by atoms with van der Waals surface area (Å²) in [5.41, 5.74) is 7.38. The van der Waals surface area contributed by atoms with Gasteiger partial charge < -0.3 is 10.5 Å². The molecule has 5 heteroatoms. The fraction of sp³-hybridized carbons (Fsp3) is 0.250. The lowest BCUT2D eigenvalue weighted by Crippen LogP contribution is -2.22. The van der Waals surface area contributed by atoms with Crippen LogP contribution in [0.1, 0.15) is 16.4 Å². The van der Waals surface area contributed by atoms with Gasteiger partial charge in [-0.25, -0.2) is 8.42 Å². The maximum atomic E-state index is 12.8. The molecule has 0 aliphatic carbocycles. The second kappa shape index (κ2) is 6.28. The molecule has 2 aromatic carbocycles. The molecular formula is C16H19NO3S. The van der Waals surface area contributed by atoms with Gasteiger partial charge in [-0.1, -0.05) is 29.8 Å². The van der Waals surface area contributed by atoms with Crippen LogP contribution in [0.2, 0.25) is 0 Å². The summed E-state index contributed by atoms with van der Waals surface area (Å²) in [5.74, 6) is 0.616. The fourth-order valence-electron chi connectivity index (χ4n) is 2.18. The summed E-state index contributed by atoms with van der Waals surface area (Å²) >= 11 is 0. The Morgan fingerprint density at radius 1 is 1.14 bits per heavy atom. The van der Waals surface area contributed by atoms with Gasteiger partial charge in [-0.3, -0.25) is 0 Å². The molecule has 1 unspecified atom stereocenters. The van der Waals surface area contributed by atoms with Gasteiger partial charge in [0.2, 0.25) is 0 Å². The molecule has 21 heavy (non-hydrogen) atoms. The van der Waals surface area contributed by atoms with E-state index in [1.807, 2.05) is 6.92 Å². The number of benzene rings is 2. The molecule has 0 heterocycles. The summed E-state index contributed by atoms with van der Waals surface area (Å²) in [6, 6.07) is 13.8. The molecule has 0 saturated heterocycles. The first-order chi connectivity index (χ1) is 9.98. The number of aryl methyl sites for hydroxylation is 1. The highest BCUT2D eigenvalue weighted by Crippen LogP contribution is 2.30.